The fourth-order valence-electron chi connectivity index (χ4n) is 1.65. The second kappa shape index (κ2) is 7.02. The minimum Gasteiger partial charge on any atom is -0.464 e. The van der Waals surface area contributed by atoms with Crippen LogP contribution in [0.2, 0.25) is 0 Å². The van der Waals surface area contributed by atoms with E-state index in [4.69, 9.17) is 0 Å². The van der Waals surface area contributed by atoms with Gasteiger partial charge in [0, 0.05) is 19.7 Å². The van der Waals surface area contributed by atoms with Crippen LogP contribution in [0, 0.1) is 0 Å². The quantitative estimate of drug-likeness (QED) is 0.760. The number of esters is 1. The summed E-state index contributed by atoms with van der Waals surface area (Å²) in [6.07, 6.45) is -3.12. The van der Waals surface area contributed by atoms with E-state index in [1.165, 1.54) is 17.0 Å². The molecular formula is C14H19NO5. The third-order valence-corrected chi connectivity index (χ3v) is 2.71. The van der Waals surface area contributed by atoms with Crippen molar-refractivity contribution in [1.82, 2.24) is 4.90 Å². The largest absolute Gasteiger partial charge is 0.464 e. The Hall–Kier alpha value is -1.92. The van der Waals surface area contributed by atoms with Gasteiger partial charge in [0.1, 0.15) is 6.10 Å². The highest BCUT2D eigenvalue weighted by Crippen LogP contribution is 2.19. The topological polar surface area (TPSA) is 87.1 Å². The zero-order chi connectivity index (χ0) is 15.3. The molecule has 2 unspecified atom stereocenters. The van der Waals surface area contributed by atoms with E-state index in [2.05, 4.69) is 4.74 Å². The van der Waals surface area contributed by atoms with Gasteiger partial charge in [-0.15, -0.1) is 0 Å². The van der Waals surface area contributed by atoms with Crippen LogP contribution in [0.5, 0.6) is 0 Å². The van der Waals surface area contributed by atoms with Crippen LogP contribution in [-0.4, -0.2) is 53.8 Å². The van der Waals surface area contributed by atoms with E-state index >= 15 is 0 Å². The molecule has 0 saturated heterocycles. The highest BCUT2D eigenvalue weighted by atomic mass is 16.5. The Balaban J connectivity index is 2.94. The predicted octanol–water partition coefficient (Wildman–Crippen LogP) is 0.346. The number of amides is 1. The molecule has 0 aliphatic carbocycles. The predicted molar refractivity (Wildman–Crippen MR) is 72.1 cm³/mol. The Kier molecular flexibility index (Phi) is 5.66. The average molecular weight is 281 g/mol. The maximum atomic E-state index is 11.8. The van der Waals surface area contributed by atoms with Gasteiger partial charge in [-0.1, -0.05) is 12.1 Å². The molecule has 0 aliphatic rings. The Morgan fingerprint density at radius 2 is 1.95 bits per heavy atom. The van der Waals surface area contributed by atoms with Crippen molar-refractivity contribution in [2.24, 2.45) is 0 Å². The number of aliphatic hydroxyl groups excluding tert-OH is 2. The summed E-state index contributed by atoms with van der Waals surface area (Å²) in [5.74, 6) is -1.13. The Morgan fingerprint density at radius 3 is 2.50 bits per heavy atom. The van der Waals surface area contributed by atoms with Crippen LogP contribution in [0.1, 0.15) is 28.9 Å². The zero-order valence-electron chi connectivity index (χ0n) is 11.7. The molecule has 6 nitrogen and oxygen atoms in total. The average Bonchev–Trinajstić information content (AvgIpc) is 2.45. The molecular weight excluding hydrogens is 262 g/mol. The molecule has 0 radical (unpaired) electrons. The van der Waals surface area contributed by atoms with Crippen LogP contribution >= 0.6 is 0 Å². The molecule has 6 heteroatoms. The second-order valence-corrected chi connectivity index (χ2v) is 4.47. The molecule has 1 aromatic carbocycles. The van der Waals surface area contributed by atoms with Gasteiger partial charge in [0.05, 0.1) is 6.61 Å². The molecule has 0 heterocycles. The van der Waals surface area contributed by atoms with Crippen molar-refractivity contribution in [2.45, 2.75) is 19.1 Å². The third-order valence-electron chi connectivity index (χ3n) is 2.71. The van der Waals surface area contributed by atoms with Gasteiger partial charge in [-0.2, -0.15) is 0 Å². The molecule has 20 heavy (non-hydrogen) atoms. The van der Waals surface area contributed by atoms with Gasteiger partial charge in [0.2, 0.25) is 0 Å². The first-order chi connectivity index (χ1) is 9.38. The highest BCUT2D eigenvalue weighted by molar-refractivity contribution is 5.94. The van der Waals surface area contributed by atoms with E-state index in [1.807, 2.05) is 0 Å². The van der Waals surface area contributed by atoms with Crippen molar-refractivity contribution >= 4 is 11.9 Å². The van der Waals surface area contributed by atoms with Crippen molar-refractivity contribution in [3.63, 3.8) is 0 Å². The lowest BCUT2D eigenvalue weighted by molar-refractivity contribution is -0.159. The SMILES string of the molecule is CCOC(=O)C(O)C(O)c1cccc(C(=O)N(C)C)c1. The van der Waals surface area contributed by atoms with Crippen LogP contribution in [0.3, 0.4) is 0 Å². The van der Waals surface area contributed by atoms with E-state index in [0.29, 0.717) is 5.56 Å². The summed E-state index contributed by atoms with van der Waals surface area (Å²) in [4.78, 5) is 24.6. The molecule has 1 rings (SSSR count). The first-order valence-electron chi connectivity index (χ1n) is 6.22. The third kappa shape index (κ3) is 3.79. The van der Waals surface area contributed by atoms with Gasteiger partial charge in [-0.3, -0.25) is 4.79 Å². The van der Waals surface area contributed by atoms with Crippen molar-refractivity contribution in [3.05, 3.63) is 35.4 Å². The molecule has 0 saturated carbocycles. The van der Waals surface area contributed by atoms with E-state index in [1.54, 1.807) is 33.2 Å². The molecule has 1 aromatic rings. The first kappa shape index (κ1) is 16.1. The smallest absolute Gasteiger partial charge is 0.338 e. The second-order valence-electron chi connectivity index (χ2n) is 4.47. The molecule has 2 N–H and O–H groups in total. The van der Waals surface area contributed by atoms with E-state index in [0.717, 1.165) is 0 Å². The van der Waals surface area contributed by atoms with E-state index in [-0.39, 0.29) is 18.1 Å². The van der Waals surface area contributed by atoms with E-state index < -0.39 is 18.2 Å². The maximum absolute atomic E-state index is 11.8. The molecule has 2 atom stereocenters. The van der Waals surface area contributed by atoms with Crippen molar-refractivity contribution in [3.8, 4) is 0 Å². The van der Waals surface area contributed by atoms with Crippen molar-refractivity contribution < 1.29 is 24.5 Å². The lowest BCUT2D eigenvalue weighted by Gasteiger charge is -2.18. The van der Waals surface area contributed by atoms with Gasteiger partial charge < -0.3 is 19.8 Å². The summed E-state index contributed by atoms with van der Waals surface area (Å²) in [6, 6.07) is 6.14. The lowest BCUT2D eigenvalue weighted by atomic mass is 10.0. The van der Waals surface area contributed by atoms with Crippen LogP contribution in [0.15, 0.2) is 24.3 Å². The number of carbonyl (C=O) groups excluding carboxylic acids is 2. The van der Waals surface area contributed by atoms with E-state index in [9.17, 15) is 19.8 Å². The zero-order valence-corrected chi connectivity index (χ0v) is 11.7. The molecule has 0 aromatic heterocycles. The summed E-state index contributed by atoms with van der Waals surface area (Å²) >= 11 is 0. The number of hydrogen-bond donors (Lipinski definition) is 2. The van der Waals surface area contributed by atoms with Gasteiger partial charge in [-0.25, -0.2) is 4.79 Å². The summed E-state index contributed by atoms with van der Waals surface area (Å²) in [5.41, 5.74) is 0.640. The number of hydrogen-bond acceptors (Lipinski definition) is 5. The van der Waals surface area contributed by atoms with Crippen LogP contribution in [-0.2, 0) is 9.53 Å². The van der Waals surface area contributed by atoms with Gasteiger partial charge in [0.15, 0.2) is 6.10 Å². The van der Waals surface area contributed by atoms with Gasteiger partial charge in [0.25, 0.3) is 5.91 Å². The fraction of sp³-hybridized carbons (Fsp3) is 0.429. The molecule has 1 amide bonds. The minimum atomic E-state index is -1.68. The number of rotatable bonds is 5. The van der Waals surface area contributed by atoms with Crippen LogP contribution in [0.4, 0.5) is 0 Å². The molecule has 0 aliphatic heterocycles. The highest BCUT2D eigenvalue weighted by Gasteiger charge is 2.27. The number of nitrogens with zero attached hydrogens (tertiary/aromatic N) is 1. The van der Waals surface area contributed by atoms with Crippen molar-refractivity contribution in [1.29, 1.82) is 0 Å². The van der Waals surface area contributed by atoms with Gasteiger partial charge in [-0.05, 0) is 24.6 Å². The molecule has 0 spiro atoms. The number of carbonyl (C=O) groups is 2. The fourth-order valence-corrected chi connectivity index (χ4v) is 1.65. The number of ether oxygens (including phenoxy) is 1. The first-order valence-corrected chi connectivity index (χ1v) is 6.22. The summed E-state index contributed by atoms with van der Waals surface area (Å²) in [6.45, 7) is 1.72. The number of benzene rings is 1. The van der Waals surface area contributed by atoms with Crippen LogP contribution < -0.4 is 0 Å². The molecule has 0 bridgehead atoms. The van der Waals surface area contributed by atoms with Crippen LogP contribution in [0.25, 0.3) is 0 Å². The normalized spacial score (nSPS) is 13.4. The Labute approximate surface area is 117 Å². The van der Waals surface area contributed by atoms with Crippen molar-refractivity contribution in [2.75, 3.05) is 20.7 Å². The van der Waals surface area contributed by atoms with Gasteiger partial charge >= 0.3 is 5.97 Å². The molecule has 0 fully saturated rings. The number of aliphatic hydroxyl groups is 2. The summed E-state index contributed by atoms with van der Waals surface area (Å²) in [7, 11) is 3.22. The summed E-state index contributed by atoms with van der Waals surface area (Å²) in [5, 5.41) is 19.6. The monoisotopic (exact) mass is 281 g/mol. The Bertz CT molecular complexity index is 486. The minimum absolute atomic E-state index is 0.113. The standard InChI is InChI=1S/C14H19NO5/c1-4-20-14(19)12(17)11(16)9-6-5-7-10(8-9)13(18)15(2)3/h5-8,11-12,16-17H,4H2,1-3H3. The summed E-state index contributed by atoms with van der Waals surface area (Å²) < 4.78 is 4.64. The molecule has 110 valence electrons. The maximum Gasteiger partial charge on any atom is 0.338 e. The lowest BCUT2D eigenvalue weighted by Crippen LogP contribution is -2.30. The Morgan fingerprint density at radius 1 is 1.30 bits per heavy atom.